The number of rotatable bonds is 6. The van der Waals surface area contributed by atoms with Crippen LogP contribution in [0.5, 0.6) is 11.6 Å². The molecule has 0 spiro atoms. The Kier molecular flexibility index (Phi) is 5.67. The number of piperazine rings is 1. The van der Waals surface area contributed by atoms with Crippen LogP contribution in [0, 0.1) is 0 Å². The Bertz CT molecular complexity index is 1040. The lowest BCUT2D eigenvalue weighted by atomic mass is 10.0. The Morgan fingerprint density at radius 1 is 1.13 bits per heavy atom. The van der Waals surface area contributed by atoms with Gasteiger partial charge in [-0.05, 0) is 12.1 Å². The second-order valence-corrected chi connectivity index (χ2v) is 7.10. The summed E-state index contributed by atoms with van der Waals surface area (Å²) in [5, 5.41) is 0.782. The van der Waals surface area contributed by atoms with E-state index in [0.29, 0.717) is 48.9 Å². The number of pyridine rings is 1. The third kappa shape index (κ3) is 3.50. The van der Waals surface area contributed by atoms with Crippen molar-refractivity contribution in [3.8, 4) is 11.6 Å². The summed E-state index contributed by atoms with van der Waals surface area (Å²) in [6, 6.07) is 8.79. The Balaban J connectivity index is 1.56. The number of hydrogen-bond acceptors (Lipinski definition) is 6. The molecule has 30 heavy (non-hydrogen) atoms. The molecule has 3 heterocycles. The summed E-state index contributed by atoms with van der Waals surface area (Å²) in [5.41, 5.74) is 2.18. The molecule has 1 aliphatic heterocycles. The molecule has 0 aliphatic carbocycles. The zero-order valence-corrected chi connectivity index (χ0v) is 17.0. The van der Waals surface area contributed by atoms with Gasteiger partial charge >= 0.3 is 0 Å². The second-order valence-electron chi connectivity index (χ2n) is 7.10. The molecule has 8 nitrogen and oxygen atoms in total. The number of nitrogens with one attached hydrogen (secondary N) is 1. The largest absolute Gasteiger partial charge is 0.494 e. The number of carbonyl (C=O) groups excluding carboxylic acids is 2. The fourth-order valence-corrected chi connectivity index (χ4v) is 3.98. The highest BCUT2D eigenvalue weighted by Gasteiger charge is 2.30. The Hall–Kier alpha value is -3.39. The molecule has 4 rings (SSSR count). The maximum absolute atomic E-state index is 12.7. The second kappa shape index (κ2) is 8.54. The third-order valence-corrected chi connectivity index (χ3v) is 5.55. The summed E-state index contributed by atoms with van der Waals surface area (Å²) in [6.07, 6.45) is 4.33. The zero-order chi connectivity index (χ0) is 21.1. The van der Waals surface area contributed by atoms with Gasteiger partial charge in [0.25, 0.3) is 5.91 Å². The normalized spacial score (nSPS) is 15.7. The number of aromatic nitrogens is 2. The number of amides is 1. The fourth-order valence-electron chi connectivity index (χ4n) is 3.98. The molecule has 1 atom stereocenters. The lowest BCUT2D eigenvalue weighted by Crippen LogP contribution is -2.50. The van der Waals surface area contributed by atoms with Crippen molar-refractivity contribution in [3.63, 3.8) is 0 Å². The lowest BCUT2D eigenvalue weighted by Gasteiger charge is -2.37. The minimum atomic E-state index is -0.464. The molecular formula is C22H24N4O4. The van der Waals surface area contributed by atoms with Crippen LogP contribution < -0.4 is 9.47 Å². The van der Waals surface area contributed by atoms with Crippen LogP contribution in [-0.2, 0) is 4.79 Å². The van der Waals surface area contributed by atoms with Gasteiger partial charge in [0.05, 0.1) is 31.8 Å². The number of nitrogens with zero attached hydrogens (tertiary/aromatic N) is 3. The molecular weight excluding hydrogens is 384 g/mol. The van der Waals surface area contributed by atoms with E-state index in [2.05, 4.69) is 14.9 Å². The van der Waals surface area contributed by atoms with Gasteiger partial charge in [-0.2, -0.15) is 0 Å². The molecule has 156 valence electrons. The van der Waals surface area contributed by atoms with Gasteiger partial charge in [-0.1, -0.05) is 18.2 Å². The zero-order valence-electron chi connectivity index (χ0n) is 17.0. The summed E-state index contributed by atoms with van der Waals surface area (Å²) in [7, 11) is 3.12. The van der Waals surface area contributed by atoms with Crippen molar-refractivity contribution < 1.29 is 19.1 Å². The summed E-state index contributed by atoms with van der Waals surface area (Å²) in [5.74, 6) is 1.04. The van der Waals surface area contributed by atoms with Crippen LogP contribution in [0.4, 0.5) is 0 Å². The summed E-state index contributed by atoms with van der Waals surface area (Å²) in [4.78, 5) is 36.1. The minimum absolute atomic E-state index is 0.0162. The smallest absolute Gasteiger partial charge is 0.253 e. The van der Waals surface area contributed by atoms with Crippen molar-refractivity contribution in [2.75, 3.05) is 40.4 Å². The van der Waals surface area contributed by atoms with Gasteiger partial charge in [0, 0.05) is 43.5 Å². The van der Waals surface area contributed by atoms with Crippen molar-refractivity contribution in [3.05, 3.63) is 53.9 Å². The molecule has 1 unspecified atom stereocenters. The number of ether oxygens (including phenoxy) is 2. The molecule has 1 N–H and O–H groups in total. The number of carbonyl (C=O) groups is 2. The van der Waals surface area contributed by atoms with Crippen LogP contribution in [0.3, 0.4) is 0 Å². The average molecular weight is 408 g/mol. The molecule has 1 aliphatic rings. The topological polar surface area (TPSA) is 87.8 Å². The standard InChI is InChI=1S/C22H24N4O4/c1-29-18-13-24-21(30-2)20-19(18)16(12-23-20)17(14-27)25-8-10-26(11-9-25)22(28)15-6-4-3-5-7-15/h3-7,12-14,17,23H,8-11H2,1-2H3. The average Bonchev–Trinajstić information content (AvgIpc) is 3.24. The molecule has 1 amide bonds. The first-order valence-corrected chi connectivity index (χ1v) is 9.79. The van der Waals surface area contributed by atoms with E-state index in [1.165, 1.54) is 0 Å². The number of aldehydes is 1. The van der Waals surface area contributed by atoms with E-state index in [9.17, 15) is 9.59 Å². The minimum Gasteiger partial charge on any atom is -0.494 e. The monoisotopic (exact) mass is 408 g/mol. The quantitative estimate of drug-likeness (QED) is 0.630. The van der Waals surface area contributed by atoms with Crippen LogP contribution >= 0.6 is 0 Å². The molecule has 3 aromatic rings. The summed E-state index contributed by atoms with van der Waals surface area (Å²) >= 11 is 0. The highest BCUT2D eigenvalue weighted by molar-refractivity contribution is 5.95. The fraction of sp³-hybridized carbons (Fsp3) is 0.318. The first-order valence-electron chi connectivity index (χ1n) is 9.79. The van der Waals surface area contributed by atoms with E-state index >= 15 is 0 Å². The van der Waals surface area contributed by atoms with Crippen LogP contribution in [0.25, 0.3) is 10.9 Å². The maximum Gasteiger partial charge on any atom is 0.253 e. The van der Waals surface area contributed by atoms with Gasteiger partial charge in [-0.3, -0.25) is 9.69 Å². The molecule has 2 aromatic heterocycles. The van der Waals surface area contributed by atoms with Gasteiger partial charge in [-0.15, -0.1) is 0 Å². The van der Waals surface area contributed by atoms with E-state index < -0.39 is 6.04 Å². The number of aromatic amines is 1. The van der Waals surface area contributed by atoms with Crippen molar-refractivity contribution >= 4 is 23.1 Å². The number of H-pyrrole nitrogens is 1. The van der Waals surface area contributed by atoms with E-state index in [1.54, 1.807) is 26.6 Å². The van der Waals surface area contributed by atoms with Crippen LogP contribution in [0.15, 0.2) is 42.7 Å². The Morgan fingerprint density at radius 3 is 2.50 bits per heavy atom. The first-order chi connectivity index (χ1) is 14.7. The predicted molar refractivity (Wildman–Crippen MR) is 112 cm³/mol. The number of fused-ring (bicyclic) bond motifs is 1. The van der Waals surface area contributed by atoms with E-state index in [-0.39, 0.29) is 5.91 Å². The van der Waals surface area contributed by atoms with Gasteiger partial charge < -0.3 is 24.2 Å². The molecule has 1 fully saturated rings. The van der Waals surface area contributed by atoms with Crippen molar-refractivity contribution in [2.24, 2.45) is 0 Å². The SMILES string of the molecule is COc1ncc(OC)c2c(C(C=O)N3CCN(C(=O)c4ccccc4)CC3)c[nH]c12. The van der Waals surface area contributed by atoms with Crippen LogP contribution in [0.2, 0.25) is 0 Å². The molecule has 1 aromatic carbocycles. The number of benzene rings is 1. The number of methoxy groups -OCH3 is 2. The van der Waals surface area contributed by atoms with Gasteiger partial charge in [0.2, 0.25) is 5.88 Å². The Morgan fingerprint density at radius 2 is 1.87 bits per heavy atom. The van der Waals surface area contributed by atoms with E-state index in [4.69, 9.17) is 9.47 Å². The highest BCUT2D eigenvalue weighted by Crippen LogP contribution is 2.37. The van der Waals surface area contributed by atoms with Gasteiger partial charge in [0.15, 0.2) is 0 Å². The molecule has 0 saturated carbocycles. The van der Waals surface area contributed by atoms with E-state index in [1.807, 2.05) is 35.2 Å². The molecule has 1 saturated heterocycles. The van der Waals surface area contributed by atoms with Crippen molar-refractivity contribution in [1.82, 2.24) is 19.8 Å². The van der Waals surface area contributed by atoms with Crippen LogP contribution in [0.1, 0.15) is 22.0 Å². The van der Waals surface area contributed by atoms with E-state index in [0.717, 1.165) is 17.2 Å². The highest BCUT2D eigenvalue weighted by atomic mass is 16.5. The van der Waals surface area contributed by atoms with Crippen molar-refractivity contribution in [2.45, 2.75) is 6.04 Å². The third-order valence-electron chi connectivity index (χ3n) is 5.55. The lowest BCUT2D eigenvalue weighted by molar-refractivity contribution is -0.113. The number of hydrogen-bond donors (Lipinski definition) is 1. The molecule has 8 heteroatoms. The Labute approximate surface area is 174 Å². The van der Waals surface area contributed by atoms with Crippen molar-refractivity contribution in [1.29, 1.82) is 0 Å². The van der Waals surface area contributed by atoms with Crippen LogP contribution in [-0.4, -0.2) is 72.4 Å². The summed E-state index contributed by atoms with van der Waals surface area (Å²) in [6.45, 7) is 2.31. The summed E-state index contributed by atoms with van der Waals surface area (Å²) < 4.78 is 10.8. The first kappa shape index (κ1) is 19.9. The predicted octanol–water partition coefficient (Wildman–Crippen LogP) is 2.28. The van der Waals surface area contributed by atoms with Gasteiger partial charge in [0.1, 0.15) is 17.6 Å². The van der Waals surface area contributed by atoms with Gasteiger partial charge in [-0.25, -0.2) is 4.98 Å². The molecule has 0 bridgehead atoms. The molecule has 0 radical (unpaired) electrons. The maximum atomic E-state index is 12.7.